The van der Waals surface area contributed by atoms with Gasteiger partial charge in [-0.2, -0.15) is 0 Å². The lowest BCUT2D eigenvalue weighted by molar-refractivity contribution is -0.111. The van der Waals surface area contributed by atoms with Crippen molar-refractivity contribution in [3.8, 4) is 0 Å². The third-order valence-corrected chi connectivity index (χ3v) is 4.84. The number of carbonyl (C=O) groups is 1. The van der Waals surface area contributed by atoms with Gasteiger partial charge < -0.3 is 16.4 Å². The lowest BCUT2D eigenvalue weighted by atomic mass is 9.93. The van der Waals surface area contributed by atoms with Crippen LogP contribution in [0.1, 0.15) is 26.3 Å². The van der Waals surface area contributed by atoms with Gasteiger partial charge in [0.1, 0.15) is 0 Å². The standard InChI is InChI=1S/C24H26ClN3O/c1-16(26)12-23(29)27-20-10-11-22(21(25)14-20)28-24(2,3)15-17-8-9-18-6-4-5-7-19(18)13-17/h4-14,28H,15,26H2,1-3H3,(H,27,29)/b16-12-. The second kappa shape index (κ2) is 8.58. The van der Waals surface area contributed by atoms with Crippen molar-refractivity contribution in [2.24, 2.45) is 5.73 Å². The Bertz CT molecular complexity index is 1070. The van der Waals surface area contributed by atoms with Gasteiger partial charge in [-0.05, 0) is 61.7 Å². The lowest BCUT2D eigenvalue weighted by Crippen LogP contribution is -2.33. The molecular formula is C24H26ClN3O. The van der Waals surface area contributed by atoms with E-state index in [9.17, 15) is 4.79 Å². The highest BCUT2D eigenvalue weighted by Crippen LogP contribution is 2.29. The fraction of sp³-hybridized carbons (Fsp3) is 0.208. The van der Waals surface area contributed by atoms with Crippen molar-refractivity contribution in [3.63, 3.8) is 0 Å². The SMILES string of the molecule is C/C(N)=C/C(=O)Nc1ccc(NC(C)(C)Cc2ccc3ccccc3c2)c(Cl)c1. The van der Waals surface area contributed by atoms with E-state index in [0.29, 0.717) is 16.4 Å². The third kappa shape index (κ3) is 5.75. The molecule has 0 aliphatic carbocycles. The summed E-state index contributed by atoms with van der Waals surface area (Å²) in [6.45, 7) is 5.95. The van der Waals surface area contributed by atoms with Crippen molar-refractivity contribution in [2.45, 2.75) is 32.7 Å². The molecule has 3 aromatic rings. The summed E-state index contributed by atoms with van der Waals surface area (Å²) in [4.78, 5) is 11.8. The van der Waals surface area contributed by atoms with Gasteiger partial charge in [-0.3, -0.25) is 4.79 Å². The minimum atomic E-state index is -0.279. The minimum absolute atomic E-state index is 0.212. The van der Waals surface area contributed by atoms with Gasteiger partial charge in [0.2, 0.25) is 5.91 Å². The number of hydrogen-bond donors (Lipinski definition) is 3. The smallest absolute Gasteiger partial charge is 0.250 e. The molecule has 0 radical (unpaired) electrons. The van der Waals surface area contributed by atoms with Crippen LogP contribution in [0.5, 0.6) is 0 Å². The van der Waals surface area contributed by atoms with E-state index >= 15 is 0 Å². The number of nitrogens with one attached hydrogen (secondary N) is 2. The average molecular weight is 408 g/mol. The second-order valence-electron chi connectivity index (χ2n) is 7.94. The third-order valence-electron chi connectivity index (χ3n) is 4.53. The molecule has 0 heterocycles. The highest BCUT2D eigenvalue weighted by atomic mass is 35.5. The van der Waals surface area contributed by atoms with Crippen LogP contribution in [0, 0.1) is 0 Å². The number of amides is 1. The van der Waals surface area contributed by atoms with Crippen molar-refractivity contribution < 1.29 is 4.79 Å². The zero-order chi connectivity index (χ0) is 21.0. The molecule has 4 nitrogen and oxygen atoms in total. The van der Waals surface area contributed by atoms with Gasteiger partial charge in [-0.25, -0.2) is 0 Å². The van der Waals surface area contributed by atoms with Gasteiger partial charge in [0.25, 0.3) is 0 Å². The number of benzene rings is 3. The average Bonchev–Trinajstić information content (AvgIpc) is 2.63. The molecule has 0 unspecified atom stereocenters. The van der Waals surface area contributed by atoms with Crippen LogP contribution in [-0.2, 0) is 11.2 Å². The molecule has 0 aliphatic heterocycles. The van der Waals surface area contributed by atoms with E-state index in [4.69, 9.17) is 17.3 Å². The fourth-order valence-corrected chi connectivity index (χ4v) is 3.57. The summed E-state index contributed by atoms with van der Waals surface area (Å²) in [5.74, 6) is -0.279. The van der Waals surface area contributed by atoms with Crippen LogP contribution >= 0.6 is 11.6 Å². The minimum Gasteiger partial charge on any atom is -0.402 e. The Morgan fingerprint density at radius 3 is 2.48 bits per heavy atom. The van der Waals surface area contributed by atoms with Crippen LogP contribution in [0.2, 0.25) is 5.02 Å². The molecule has 0 bridgehead atoms. The summed E-state index contributed by atoms with van der Waals surface area (Å²) in [5, 5.41) is 9.29. The zero-order valence-corrected chi connectivity index (χ0v) is 17.7. The molecule has 29 heavy (non-hydrogen) atoms. The zero-order valence-electron chi connectivity index (χ0n) is 16.9. The first-order valence-corrected chi connectivity index (χ1v) is 9.90. The van der Waals surface area contributed by atoms with Gasteiger partial charge in [-0.1, -0.05) is 54.1 Å². The molecule has 0 fully saturated rings. The van der Waals surface area contributed by atoms with Crippen molar-refractivity contribution in [2.75, 3.05) is 10.6 Å². The first-order valence-electron chi connectivity index (χ1n) is 9.52. The number of halogens is 1. The number of anilines is 2. The Morgan fingerprint density at radius 2 is 1.79 bits per heavy atom. The van der Waals surface area contributed by atoms with Crippen LogP contribution in [0.15, 0.2) is 72.4 Å². The summed E-state index contributed by atoms with van der Waals surface area (Å²) in [6, 6.07) is 20.3. The Morgan fingerprint density at radius 1 is 1.07 bits per heavy atom. The summed E-state index contributed by atoms with van der Waals surface area (Å²) in [7, 11) is 0. The largest absolute Gasteiger partial charge is 0.402 e. The number of fused-ring (bicyclic) bond motifs is 1. The molecule has 0 saturated carbocycles. The molecule has 0 aromatic heterocycles. The van der Waals surface area contributed by atoms with E-state index in [2.05, 4.69) is 66.9 Å². The van der Waals surface area contributed by atoms with Crippen molar-refractivity contribution in [1.82, 2.24) is 0 Å². The van der Waals surface area contributed by atoms with Gasteiger partial charge >= 0.3 is 0 Å². The van der Waals surface area contributed by atoms with Crippen molar-refractivity contribution in [1.29, 1.82) is 0 Å². The van der Waals surface area contributed by atoms with E-state index in [1.54, 1.807) is 13.0 Å². The van der Waals surface area contributed by atoms with E-state index in [0.717, 1.165) is 12.1 Å². The van der Waals surface area contributed by atoms with Crippen LogP contribution in [-0.4, -0.2) is 11.4 Å². The topological polar surface area (TPSA) is 67.2 Å². The van der Waals surface area contributed by atoms with E-state index < -0.39 is 0 Å². The molecule has 3 rings (SSSR count). The summed E-state index contributed by atoms with van der Waals surface area (Å²) in [5.41, 5.74) is 8.46. The Balaban J connectivity index is 1.71. The number of nitrogens with two attached hydrogens (primary N) is 1. The number of carbonyl (C=O) groups excluding carboxylic acids is 1. The summed E-state index contributed by atoms with van der Waals surface area (Å²) < 4.78 is 0. The second-order valence-corrected chi connectivity index (χ2v) is 8.35. The van der Waals surface area contributed by atoms with Gasteiger partial charge in [0.05, 0.1) is 10.7 Å². The number of allylic oxidation sites excluding steroid dienone is 1. The molecule has 150 valence electrons. The lowest BCUT2D eigenvalue weighted by Gasteiger charge is -2.28. The Kier molecular flexibility index (Phi) is 6.14. The molecule has 0 saturated heterocycles. The van der Waals surface area contributed by atoms with Gasteiger partial charge in [-0.15, -0.1) is 0 Å². The molecule has 4 N–H and O–H groups in total. The van der Waals surface area contributed by atoms with Crippen LogP contribution in [0.4, 0.5) is 11.4 Å². The molecule has 5 heteroatoms. The molecule has 0 atom stereocenters. The predicted molar refractivity (Wildman–Crippen MR) is 123 cm³/mol. The van der Waals surface area contributed by atoms with Gasteiger partial charge in [0, 0.05) is 23.0 Å². The van der Waals surface area contributed by atoms with Crippen LogP contribution in [0.3, 0.4) is 0 Å². The maximum absolute atomic E-state index is 11.8. The highest BCUT2D eigenvalue weighted by Gasteiger charge is 2.20. The quantitative estimate of drug-likeness (QED) is 0.457. The van der Waals surface area contributed by atoms with E-state index in [1.807, 2.05) is 12.1 Å². The Labute approximate surface area is 176 Å². The molecule has 0 aliphatic rings. The van der Waals surface area contributed by atoms with Crippen molar-refractivity contribution >= 4 is 39.7 Å². The summed E-state index contributed by atoms with van der Waals surface area (Å²) >= 11 is 6.45. The highest BCUT2D eigenvalue weighted by molar-refractivity contribution is 6.33. The normalized spacial score (nSPS) is 12.1. The molecule has 1 amide bonds. The maximum Gasteiger partial charge on any atom is 0.250 e. The Hall–Kier alpha value is -2.98. The number of rotatable bonds is 6. The van der Waals surface area contributed by atoms with E-state index in [-0.39, 0.29) is 11.4 Å². The van der Waals surface area contributed by atoms with E-state index in [1.165, 1.54) is 22.4 Å². The van der Waals surface area contributed by atoms with Crippen LogP contribution in [0.25, 0.3) is 10.8 Å². The first-order chi connectivity index (χ1) is 13.7. The monoisotopic (exact) mass is 407 g/mol. The van der Waals surface area contributed by atoms with Crippen LogP contribution < -0.4 is 16.4 Å². The molecule has 3 aromatic carbocycles. The van der Waals surface area contributed by atoms with Crippen molar-refractivity contribution in [3.05, 3.63) is 83.0 Å². The maximum atomic E-state index is 11.8. The number of hydrogen-bond acceptors (Lipinski definition) is 3. The first kappa shape index (κ1) is 20.7. The predicted octanol–water partition coefficient (Wildman–Crippen LogP) is 5.73. The fourth-order valence-electron chi connectivity index (χ4n) is 3.35. The summed E-state index contributed by atoms with van der Waals surface area (Å²) in [6.07, 6.45) is 2.18. The molecule has 0 spiro atoms. The van der Waals surface area contributed by atoms with Gasteiger partial charge in [0.15, 0.2) is 0 Å². The molecular weight excluding hydrogens is 382 g/mol.